The van der Waals surface area contributed by atoms with Gasteiger partial charge in [0.25, 0.3) is 5.91 Å². The van der Waals surface area contributed by atoms with Gasteiger partial charge in [0.2, 0.25) is 5.95 Å². The predicted octanol–water partition coefficient (Wildman–Crippen LogP) is 4.15. The predicted molar refractivity (Wildman–Crippen MR) is 100.0 cm³/mol. The largest absolute Gasteiger partial charge is 0.358 e. The molecular formula is C20H24N4O. The molecule has 0 unspecified atom stereocenters. The number of rotatable bonds is 4. The second-order valence-corrected chi connectivity index (χ2v) is 7.30. The number of benzene rings is 1. The summed E-state index contributed by atoms with van der Waals surface area (Å²) >= 11 is 0. The zero-order valence-electron chi connectivity index (χ0n) is 14.8. The number of anilines is 1. The van der Waals surface area contributed by atoms with E-state index in [4.69, 9.17) is 0 Å². The molecule has 1 aliphatic rings. The van der Waals surface area contributed by atoms with Crippen molar-refractivity contribution >= 4 is 22.8 Å². The minimum atomic E-state index is -0.108. The maximum Gasteiger partial charge on any atom is 0.257 e. The molecule has 0 atom stereocenters. The first-order valence-electron chi connectivity index (χ1n) is 9.08. The maximum atomic E-state index is 12.7. The van der Waals surface area contributed by atoms with Crippen LogP contribution < -0.4 is 5.32 Å². The molecule has 2 heterocycles. The number of carbonyl (C=O) groups is 1. The van der Waals surface area contributed by atoms with Crippen LogP contribution in [0.4, 0.5) is 5.95 Å². The van der Waals surface area contributed by atoms with Gasteiger partial charge in [-0.3, -0.25) is 10.1 Å². The summed E-state index contributed by atoms with van der Waals surface area (Å²) in [6, 6.07) is 5.92. The molecule has 1 amide bonds. The number of amides is 1. The van der Waals surface area contributed by atoms with Crippen LogP contribution in [0.3, 0.4) is 0 Å². The Morgan fingerprint density at radius 3 is 3.00 bits per heavy atom. The highest BCUT2D eigenvalue weighted by Gasteiger charge is 2.17. The van der Waals surface area contributed by atoms with Crippen LogP contribution in [0.1, 0.15) is 48.3 Å². The van der Waals surface area contributed by atoms with E-state index < -0.39 is 0 Å². The van der Waals surface area contributed by atoms with Crippen LogP contribution in [0.25, 0.3) is 10.9 Å². The monoisotopic (exact) mass is 336 g/mol. The average molecular weight is 336 g/mol. The highest BCUT2D eigenvalue weighted by Crippen LogP contribution is 2.29. The van der Waals surface area contributed by atoms with Crippen molar-refractivity contribution in [3.05, 3.63) is 47.4 Å². The van der Waals surface area contributed by atoms with Crippen LogP contribution in [0, 0.1) is 5.92 Å². The van der Waals surface area contributed by atoms with Gasteiger partial charge in [-0.15, -0.1) is 0 Å². The molecule has 3 aromatic rings. The number of nitrogens with zero attached hydrogens (tertiary/aromatic N) is 2. The molecule has 0 bridgehead atoms. The number of hydrogen-bond donors (Lipinski definition) is 2. The van der Waals surface area contributed by atoms with E-state index in [-0.39, 0.29) is 5.91 Å². The molecule has 5 nitrogen and oxygen atoms in total. The second kappa shape index (κ2) is 6.39. The molecule has 4 rings (SSSR count). The van der Waals surface area contributed by atoms with Gasteiger partial charge in [-0.25, -0.2) is 4.98 Å². The molecule has 2 aromatic heterocycles. The van der Waals surface area contributed by atoms with Crippen LogP contribution in [-0.2, 0) is 19.4 Å². The van der Waals surface area contributed by atoms with Crippen molar-refractivity contribution in [2.45, 2.75) is 46.1 Å². The van der Waals surface area contributed by atoms with E-state index in [1.54, 1.807) is 6.20 Å². The zero-order chi connectivity index (χ0) is 17.4. The van der Waals surface area contributed by atoms with Gasteiger partial charge in [-0.05, 0) is 55.4 Å². The van der Waals surface area contributed by atoms with E-state index >= 15 is 0 Å². The van der Waals surface area contributed by atoms with E-state index in [1.165, 1.54) is 29.5 Å². The van der Waals surface area contributed by atoms with Crippen molar-refractivity contribution in [3.8, 4) is 0 Å². The topological polar surface area (TPSA) is 62.7 Å². The number of aromatic nitrogens is 3. The molecular weight excluding hydrogens is 312 g/mol. The molecule has 0 aliphatic heterocycles. The number of hydrogen-bond acceptors (Lipinski definition) is 2. The molecule has 2 N–H and O–H groups in total. The number of fused-ring (bicyclic) bond motifs is 3. The standard InChI is InChI=1S/C20H24N4O/c1-13(2)12-24-10-9-21-20(24)23-19(25)14-7-8-18-16(11-14)15-5-3-4-6-17(15)22-18/h7-11,13,22H,3-6,12H2,1-2H3,(H,21,23,25). The fourth-order valence-electron chi connectivity index (χ4n) is 3.69. The minimum Gasteiger partial charge on any atom is -0.358 e. The van der Waals surface area contributed by atoms with Gasteiger partial charge < -0.3 is 9.55 Å². The van der Waals surface area contributed by atoms with Gasteiger partial charge in [0, 0.05) is 41.1 Å². The number of imidazole rings is 1. The van der Waals surface area contributed by atoms with E-state index in [0.717, 1.165) is 24.9 Å². The Morgan fingerprint density at radius 1 is 1.32 bits per heavy atom. The van der Waals surface area contributed by atoms with Crippen LogP contribution in [-0.4, -0.2) is 20.4 Å². The zero-order valence-corrected chi connectivity index (χ0v) is 14.8. The van der Waals surface area contributed by atoms with Crippen molar-refractivity contribution in [2.75, 3.05) is 5.32 Å². The Bertz CT molecular complexity index is 919. The molecule has 0 radical (unpaired) electrons. The summed E-state index contributed by atoms with van der Waals surface area (Å²) in [5.41, 5.74) is 4.53. The lowest BCUT2D eigenvalue weighted by molar-refractivity contribution is 0.102. The summed E-state index contributed by atoms with van der Waals surface area (Å²) in [5.74, 6) is 0.992. The normalized spacial score (nSPS) is 14.0. The van der Waals surface area contributed by atoms with E-state index in [9.17, 15) is 4.79 Å². The van der Waals surface area contributed by atoms with Gasteiger partial charge in [0.15, 0.2) is 0 Å². The van der Waals surface area contributed by atoms with Gasteiger partial charge in [0.05, 0.1) is 0 Å². The van der Waals surface area contributed by atoms with Crippen molar-refractivity contribution in [3.63, 3.8) is 0 Å². The number of aromatic amines is 1. The summed E-state index contributed by atoms with van der Waals surface area (Å²) < 4.78 is 1.99. The Hall–Kier alpha value is -2.56. The van der Waals surface area contributed by atoms with E-state index in [0.29, 0.717) is 17.4 Å². The van der Waals surface area contributed by atoms with Gasteiger partial charge in [-0.2, -0.15) is 0 Å². The Labute approximate surface area is 147 Å². The van der Waals surface area contributed by atoms with E-state index in [1.807, 2.05) is 29.0 Å². The molecule has 0 fully saturated rings. The summed E-state index contributed by atoms with van der Waals surface area (Å²) in [4.78, 5) is 20.5. The molecule has 0 saturated heterocycles. The molecule has 5 heteroatoms. The first-order valence-corrected chi connectivity index (χ1v) is 9.08. The Morgan fingerprint density at radius 2 is 2.16 bits per heavy atom. The summed E-state index contributed by atoms with van der Waals surface area (Å²) in [6.07, 6.45) is 8.30. The fraction of sp³-hybridized carbons (Fsp3) is 0.400. The van der Waals surface area contributed by atoms with Crippen molar-refractivity contribution in [1.82, 2.24) is 14.5 Å². The third-order valence-corrected chi connectivity index (χ3v) is 4.86. The second-order valence-electron chi connectivity index (χ2n) is 7.30. The molecule has 25 heavy (non-hydrogen) atoms. The van der Waals surface area contributed by atoms with Gasteiger partial charge in [0.1, 0.15) is 0 Å². The van der Waals surface area contributed by atoms with Crippen LogP contribution in [0.2, 0.25) is 0 Å². The Balaban J connectivity index is 1.61. The van der Waals surface area contributed by atoms with Crippen LogP contribution in [0.15, 0.2) is 30.6 Å². The Kier molecular flexibility index (Phi) is 4.07. The first-order chi connectivity index (χ1) is 12.1. The fourth-order valence-corrected chi connectivity index (χ4v) is 3.69. The third-order valence-electron chi connectivity index (χ3n) is 4.86. The number of aryl methyl sites for hydroxylation is 2. The first kappa shape index (κ1) is 15.9. The van der Waals surface area contributed by atoms with Crippen LogP contribution >= 0.6 is 0 Å². The highest BCUT2D eigenvalue weighted by molar-refractivity contribution is 6.06. The van der Waals surface area contributed by atoms with Crippen molar-refractivity contribution in [1.29, 1.82) is 0 Å². The molecule has 0 spiro atoms. The number of H-pyrrole nitrogens is 1. The molecule has 1 aromatic carbocycles. The quantitative estimate of drug-likeness (QED) is 0.752. The molecule has 1 aliphatic carbocycles. The highest BCUT2D eigenvalue weighted by atomic mass is 16.1. The van der Waals surface area contributed by atoms with Crippen LogP contribution in [0.5, 0.6) is 0 Å². The maximum absolute atomic E-state index is 12.7. The molecule has 0 saturated carbocycles. The third kappa shape index (κ3) is 3.06. The van der Waals surface area contributed by atoms with Crippen molar-refractivity contribution in [2.24, 2.45) is 5.92 Å². The minimum absolute atomic E-state index is 0.108. The summed E-state index contributed by atoms with van der Waals surface area (Å²) in [6.45, 7) is 5.13. The average Bonchev–Trinajstić information content (AvgIpc) is 3.18. The number of nitrogens with one attached hydrogen (secondary N) is 2. The lowest BCUT2D eigenvalue weighted by Gasteiger charge is -2.12. The van der Waals surface area contributed by atoms with Gasteiger partial charge in [-0.1, -0.05) is 13.8 Å². The van der Waals surface area contributed by atoms with Gasteiger partial charge >= 0.3 is 0 Å². The molecule has 130 valence electrons. The summed E-state index contributed by atoms with van der Waals surface area (Å²) in [5, 5.41) is 4.14. The number of carbonyl (C=O) groups excluding carboxylic acids is 1. The lowest BCUT2D eigenvalue weighted by Crippen LogP contribution is -2.17. The SMILES string of the molecule is CC(C)Cn1ccnc1NC(=O)c1ccc2[nH]c3c(c2c1)CCCC3. The lowest BCUT2D eigenvalue weighted by atomic mass is 9.95. The van der Waals surface area contributed by atoms with E-state index in [2.05, 4.69) is 29.1 Å². The van der Waals surface area contributed by atoms with Crippen molar-refractivity contribution < 1.29 is 4.79 Å². The summed E-state index contributed by atoms with van der Waals surface area (Å²) in [7, 11) is 0. The smallest absolute Gasteiger partial charge is 0.257 e.